The smallest absolute Gasteiger partial charge is 0.231 e. The van der Waals surface area contributed by atoms with Crippen molar-refractivity contribution in [1.82, 2.24) is 4.90 Å². The number of fused-ring (bicyclic) bond motifs is 3. The highest BCUT2D eigenvalue weighted by molar-refractivity contribution is 6.15. The third-order valence-electron chi connectivity index (χ3n) is 6.23. The van der Waals surface area contributed by atoms with E-state index < -0.39 is 0 Å². The molecule has 2 aliphatic rings. The summed E-state index contributed by atoms with van der Waals surface area (Å²) in [7, 11) is 6.29. The van der Waals surface area contributed by atoms with Crippen molar-refractivity contribution in [3.05, 3.63) is 76.5 Å². The van der Waals surface area contributed by atoms with Crippen LogP contribution in [0, 0.1) is 0 Å². The zero-order valence-electron chi connectivity index (χ0n) is 20.6. The summed E-state index contributed by atoms with van der Waals surface area (Å²) in [6, 6.07) is 15.1. The molecule has 5 rings (SSSR count). The third kappa shape index (κ3) is 4.31. The summed E-state index contributed by atoms with van der Waals surface area (Å²) in [6.07, 6.45) is 1.68. The number of carbonyl (C=O) groups excluding carboxylic acids is 1. The number of methoxy groups -OCH3 is 4. The zero-order valence-corrected chi connectivity index (χ0v) is 20.6. The van der Waals surface area contributed by atoms with Crippen molar-refractivity contribution in [2.75, 3.05) is 35.2 Å². The summed E-state index contributed by atoms with van der Waals surface area (Å²) in [5, 5.41) is 0. The average Bonchev–Trinajstić information content (AvgIpc) is 3.23. The van der Waals surface area contributed by atoms with Crippen molar-refractivity contribution < 1.29 is 33.2 Å². The Hall–Kier alpha value is -4.17. The second kappa shape index (κ2) is 9.83. The van der Waals surface area contributed by atoms with E-state index in [0.717, 1.165) is 22.6 Å². The molecular weight excluding hydrogens is 462 g/mol. The van der Waals surface area contributed by atoms with Gasteiger partial charge in [0.15, 0.2) is 17.3 Å². The number of benzene rings is 3. The van der Waals surface area contributed by atoms with Crippen LogP contribution in [0.4, 0.5) is 0 Å². The minimum absolute atomic E-state index is 0.186. The number of nitrogens with zero attached hydrogens (tertiary/aromatic N) is 1. The van der Waals surface area contributed by atoms with Crippen LogP contribution in [-0.2, 0) is 13.1 Å². The Kier molecular flexibility index (Phi) is 6.43. The van der Waals surface area contributed by atoms with E-state index in [4.69, 9.17) is 28.4 Å². The van der Waals surface area contributed by atoms with Crippen molar-refractivity contribution in [2.45, 2.75) is 13.1 Å². The van der Waals surface area contributed by atoms with Crippen LogP contribution in [0.2, 0.25) is 0 Å². The minimum atomic E-state index is -0.186. The highest BCUT2D eigenvalue weighted by Crippen LogP contribution is 2.43. The highest BCUT2D eigenvalue weighted by Gasteiger charge is 2.33. The lowest BCUT2D eigenvalue weighted by molar-refractivity contribution is 0.0872. The molecular formula is C28H27NO7. The van der Waals surface area contributed by atoms with E-state index in [1.54, 1.807) is 52.7 Å². The van der Waals surface area contributed by atoms with Crippen molar-refractivity contribution in [3.8, 4) is 34.5 Å². The molecule has 186 valence electrons. The van der Waals surface area contributed by atoms with E-state index in [0.29, 0.717) is 53.9 Å². The van der Waals surface area contributed by atoms with Crippen molar-refractivity contribution in [2.24, 2.45) is 0 Å². The van der Waals surface area contributed by atoms with Crippen molar-refractivity contribution in [1.29, 1.82) is 0 Å². The standard InChI is InChI=1S/C28H27NO7/c1-31-19-7-5-17(6-8-19)14-29-15-21-22(35-16-29)10-9-20-26(30)23(36-27(20)21)11-18-12-24(32-2)28(34-4)25(13-18)33-3/h5-13H,14-16H2,1-4H3. The van der Waals surface area contributed by atoms with E-state index in [1.807, 2.05) is 30.3 Å². The second-order valence-corrected chi connectivity index (χ2v) is 8.43. The van der Waals surface area contributed by atoms with Gasteiger partial charge in [0.2, 0.25) is 11.5 Å². The Morgan fingerprint density at radius 3 is 2.28 bits per heavy atom. The van der Waals surface area contributed by atoms with Gasteiger partial charge in [0, 0.05) is 13.1 Å². The van der Waals surface area contributed by atoms with Gasteiger partial charge in [-0.3, -0.25) is 9.69 Å². The molecule has 0 bridgehead atoms. The molecule has 8 nitrogen and oxygen atoms in total. The lowest BCUT2D eigenvalue weighted by atomic mass is 10.0. The van der Waals surface area contributed by atoms with Gasteiger partial charge in [0.1, 0.15) is 24.0 Å². The number of ether oxygens (including phenoxy) is 6. The summed E-state index contributed by atoms with van der Waals surface area (Å²) < 4.78 is 33.6. The lowest BCUT2D eigenvalue weighted by Crippen LogP contribution is -2.31. The Morgan fingerprint density at radius 1 is 0.917 bits per heavy atom. The van der Waals surface area contributed by atoms with Crippen LogP contribution in [0.15, 0.2) is 54.3 Å². The van der Waals surface area contributed by atoms with Crippen LogP contribution in [0.5, 0.6) is 34.5 Å². The molecule has 0 aromatic heterocycles. The molecule has 2 heterocycles. The van der Waals surface area contributed by atoms with Gasteiger partial charge >= 0.3 is 0 Å². The fourth-order valence-corrected chi connectivity index (χ4v) is 4.43. The molecule has 2 aliphatic heterocycles. The summed E-state index contributed by atoms with van der Waals surface area (Å²) in [5.74, 6) is 3.58. The molecule has 3 aromatic rings. The van der Waals surface area contributed by atoms with E-state index >= 15 is 0 Å². The van der Waals surface area contributed by atoms with Crippen LogP contribution in [0.3, 0.4) is 0 Å². The van der Waals surface area contributed by atoms with Gasteiger partial charge in [-0.25, -0.2) is 0 Å². The molecule has 0 radical (unpaired) electrons. The van der Waals surface area contributed by atoms with Crippen LogP contribution < -0.4 is 28.4 Å². The van der Waals surface area contributed by atoms with Gasteiger partial charge in [-0.15, -0.1) is 0 Å². The molecule has 0 spiro atoms. The monoisotopic (exact) mass is 489 g/mol. The molecule has 8 heteroatoms. The van der Waals surface area contributed by atoms with E-state index in [1.165, 1.54) is 0 Å². The van der Waals surface area contributed by atoms with Crippen LogP contribution in [0.25, 0.3) is 6.08 Å². The van der Waals surface area contributed by atoms with Gasteiger partial charge < -0.3 is 28.4 Å². The van der Waals surface area contributed by atoms with Gasteiger partial charge in [-0.1, -0.05) is 12.1 Å². The minimum Gasteiger partial charge on any atom is -0.497 e. The van der Waals surface area contributed by atoms with Crippen molar-refractivity contribution >= 4 is 11.9 Å². The molecule has 0 saturated carbocycles. The summed E-state index contributed by atoms with van der Waals surface area (Å²) in [6.45, 7) is 1.73. The number of allylic oxidation sites excluding steroid dienone is 1. The molecule has 0 amide bonds. The van der Waals surface area contributed by atoms with Crippen LogP contribution in [0.1, 0.15) is 27.0 Å². The number of carbonyl (C=O) groups is 1. The summed E-state index contributed by atoms with van der Waals surface area (Å²) in [4.78, 5) is 15.4. The summed E-state index contributed by atoms with van der Waals surface area (Å²) >= 11 is 0. The van der Waals surface area contributed by atoms with Gasteiger partial charge in [-0.05, 0) is 53.6 Å². The fraction of sp³-hybridized carbons (Fsp3) is 0.250. The molecule has 0 saturated heterocycles. The van der Waals surface area contributed by atoms with Gasteiger partial charge in [0.25, 0.3) is 0 Å². The van der Waals surface area contributed by atoms with Crippen LogP contribution >= 0.6 is 0 Å². The third-order valence-corrected chi connectivity index (χ3v) is 6.23. The van der Waals surface area contributed by atoms with E-state index in [2.05, 4.69) is 4.90 Å². The van der Waals surface area contributed by atoms with Crippen LogP contribution in [-0.4, -0.2) is 45.9 Å². The molecule has 0 fully saturated rings. The molecule has 0 unspecified atom stereocenters. The first-order chi connectivity index (χ1) is 17.5. The largest absolute Gasteiger partial charge is 0.497 e. The molecule has 0 atom stereocenters. The number of hydrogen-bond donors (Lipinski definition) is 0. The number of hydrogen-bond acceptors (Lipinski definition) is 8. The predicted octanol–water partition coefficient (Wildman–Crippen LogP) is 4.69. The zero-order chi connectivity index (χ0) is 25.2. The molecule has 3 aromatic carbocycles. The summed E-state index contributed by atoms with van der Waals surface area (Å²) in [5.41, 5.74) is 3.19. The van der Waals surface area contributed by atoms with Gasteiger partial charge in [0.05, 0.1) is 39.6 Å². The number of ketones is 1. The SMILES string of the molecule is COc1ccc(CN2COc3ccc4c(c3C2)OC(=Cc2cc(OC)c(OC)c(OC)c2)C4=O)cc1. The number of rotatable bonds is 7. The topological polar surface area (TPSA) is 75.7 Å². The first-order valence-corrected chi connectivity index (χ1v) is 11.4. The Morgan fingerprint density at radius 2 is 1.64 bits per heavy atom. The Bertz CT molecular complexity index is 1310. The van der Waals surface area contributed by atoms with Crippen molar-refractivity contribution in [3.63, 3.8) is 0 Å². The fourth-order valence-electron chi connectivity index (χ4n) is 4.43. The normalized spacial score (nSPS) is 15.6. The maximum absolute atomic E-state index is 13.2. The Labute approximate surface area is 209 Å². The van der Waals surface area contributed by atoms with E-state index in [9.17, 15) is 4.79 Å². The Balaban J connectivity index is 1.41. The van der Waals surface area contributed by atoms with Gasteiger partial charge in [-0.2, -0.15) is 0 Å². The average molecular weight is 490 g/mol. The first-order valence-electron chi connectivity index (χ1n) is 11.4. The predicted molar refractivity (Wildman–Crippen MR) is 133 cm³/mol. The maximum Gasteiger partial charge on any atom is 0.231 e. The second-order valence-electron chi connectivity index (χ2n) is 8.43. The molecule has 36 heavy (non-hydrogen) atoms. The molecule has 0 aliphatic carbocycles. The lowest BCUT2D eigenvalue weighted by Gasteiger charge is -2.29. The highest BCUT2D eigenvalue weighted by atomic mass is 16.5. The molecule has 0 N–H and O–H groups in total. The first kappa shape index (κ1) is 23.6. The quantitative estimate of drug-likeness (QED) is 0.443. The number of Topliss-reactive ketones (excluding diaryl/α,β-unsaturated/α-hetero) is 1. The maximum atomic E-state index is 13.2. The van der Waals surface area contributed by atoms with E-state index in [-0.39, 0.29) is 11.5 Å².